The molecule has 0 unspecified atom stereocenters. The first-order valence-corrected chi connectivity index (χ1v) is 10.3. The number of anilines is 2. The number of hydrogen-bond donors (Lipinski definition) is 0. The zero-order chi connectivity index (χ0) is 20.3. The number of aromatic nitrogens is 1. The molecule has 28 heavy (non-hydrogen) atoms. The fraction of sp³-hybridized carbons (Fsp3) is 0.476. The molecule has 1 aromatic carbocycles. The highest BCUT2D eigenvalue weighted by atomic mass is 32.1. The normalized spacial score (nSPS) is 15.3. The zero-order valence-electron chi connectivity index (χ0n) is 16.5. The molecule has 5 nitrogen and oxygen atoms in total. The van der Waals surface area contributed by atoms with Crippen LogP contribution in [0.15, 0.2) is 29.6 Å². The number of halogens is 1. The van der Waals surface area contributed by atoms with E-state index in [0.717, 1.165) is 36.8 Å². The van der Waals surface area contributed by atoms with E-state index in [1.807, 2.05) is 26.2 Å². The van der Waals surface area contributed by atoms with Crippen molar-refractivity contribution in [3.05, 3.63) is 41.2 Å². The third-order valence-electron chi connectivity index (χ3n) is 4.83. The Labute approximate surface area is 169 Å². The summed E-state index contributed by atoms with van der Waals surface area (Å²) >= 11 is 1.56. The van der Waals surface area contributed by atoms with Crippen LogP contribution in [-0.4, -0.2) is 24.0 Å². The molecule has 1 fully saturated rings. The van der Waals surface area contributed by atoms with Gasteiger partial charge in [0.15, 0.2) is 5.13 Å². The molecule has 1 amide bonds. The summed E-state index contributed by atoms with van der Waals surface area (Å²) in [5.74, 6) is -0.235. The number of amides is 1. The van der Waals surface area contributed by atoms with Crippen LogP contribution in [0, 0.1) is 28.5 Å². The van der Waals surface area contributed by atoms with Crippen molar-refractivity contribution in [1.82, 2.24) is 4.98 Å². The quantitative estimate of drug-likeness (QED) is 0.752. The number of benzene rings is 1. The molecule has 0 bridgehead atoms. The van der Waals surface area contributed by atoms with Crippen LogP contribution in [0.2, 0.25) is 0 Å². The largest absolute Gasteiger partial charge is 0.348 e. The summed E-state index contributed by atoms with van der Waals surface area (Å²) in [5.41, 5.74) is 0.905. The number of rotatable bonds is 4. The lowest BCUT2D eigenvalue weighted by Gasteiger charge is -2.29. The molecule has 1 aromatic heterocycles. The van der Waals surface area contributed by atoms with Crippen molar-refractivity contribution in [3.63, 3.8) is 0 Å². The third-order valence-corrected chi connectivity index (χ3v) is 5.78. The number of carbonyl (C=O) groups is 1. The number of nitriles is 1. The van der Waals surface area contributed by atoms with E-state index in [4.69, 9.17) is 10.2 Å². The van der Waals surface area contributed by atoms with Gasteiger partial charge in [-0.05, 0) is 37.1 Å². The molecule has 1 aliphatic rings. The summed E-state index contributed by atoms with van der Waals surface area (Å²) in [6, 6.07) is 8.32. The highest BCUT2D eigenvalue weighted by molar-refractivity contribution is 7.13. The van der Waals surface area contributed by atoms with E-state index in [2.05, 4.69) is 11.0 Å². The van der Waals surface area contributed by atoms with E-state index in [0.29, 0.717) is 12.2 Å². The number of hydrogen-bond acceptors (Lipinski definition) is 5. The highest BCUT2D eigenvalue weighted by Gasteiger charge is 2.29. The minimum atomic E-state index is -0.563. The van der Waals surface area contributed by atoms with Crippen LogP contribution >= 0.6 is 11.3 Å². The number of thiazole rings is 1. The molecule has 2 heterocycles. The molecule has 1 aliphatic heterocycles. The molecular formula is C21H25FN4OS. The van der Waals surface area contributed by atoms with E-state index in [1.165, 1.54) is 12.1 Å². The monoisotopic (exact) mass is 400 g/mol. The van der Waals surface area contributed by atoms with Crippen molar-refractivity contribution >= 4 is 28.1 Å². The Bertz CT molecular complexity index is 858. The second-order valence-electron chi connectivity index (χ2n) is 8.13. The van der Waals surface area contributed by atoms with E-state index in [9.17, 15) is 9.18 Å². The summed E-state index contributed by atoms with van der Waals surface area (Å²) in [4.78, 5) is 21.6. The van der Waals surface area contributed by atoms with Gasteiger partial charge in [-0.1, -0.05) is 20.8 Å². The highest BCUT2D eigenvalue weighted by Crippen LogP contribution is 2.29. The maximum absolute atomic E-state index is 13.3. The van der Waals surface area contributed by atoms with E-state index in [-0.39, 0.29) is 17.6 Å². The van der Waals surface area contributed by atoms with Gasteiger partial charge in [0.25, 0.3) is 0 Å². The summed E-state index contributed by atoms with van der Waals surface area (Å²) in [6.07, 6.45) is 1.71. The van der Waals surface area contributed by atoms with Crippen molar-refractivity contribution < 1.29 is 9.18 Å². The fourth-order valence-corrected chi connectivity index (χ4v) is 4.05. The third kappa shape index (κ3) is 4.68. The number of piperidine rings is 1. The molecular weight excluding hydrogens is 375 g/mol. The predicted molar refractivity (Wildman–Crippen MR) is 110 cm³/mol. The summed E-state index contributed by atoms with van der Waals surface area (Å²) < 4.78 is 13.3. The fourth-order valence-electron chi connectivity index (χ4n) is 3.18. The molecule has 0 aliphatic carbocycles. The summed E-state index contributed by atoms with van der Waals surface area (Å²) in [7, 11) is 0. The van der Waals surface area contributed by atoms with Crippen molar-refractivity contribution in [2.75, 3.05) is 22.9 Å². The molecule has 0 N–H and O–H groups in total. The van der Waals surface area contributed by atoms with E-state index < -0.39 is 5.41 Å². The maximum Gasteiger partial charge on any atom is 0.232 e. The van der Waals surface area contributed by atoms with Gasteiger partial charge >= 0.3 is 0 Å². The van der Waals surface area contributed by atoms with Crippen LogP contribution in [0.3, 0.4) is 0 Å². The Morgan fingerprint density at radius 1 is 1.32 bits per heavy atom. The molecule has 0 radical (unpaired) electrons. The van der Waals surface area contributed by atoms with Gasteiger partial charge in [0, 0.05) is 35.5 Å². The Morgan fingerprint density at radius 2 is 1.96 bits per heavy atom. The molecule has 0 saturated carbocycles. The van der Waals surface area contributed by atoms with Gasteiger partial charge in [-0.2, -0.15) is 5.26 Å². The standard InChI is InChI=1S/C21H25FN4OS/c1-21(2,3)19(27)26(18-6-4-16(22)5-7-18)13-17-14-28-20(24-17)25-10-8-15(12-23)9-11-25/h4-7,14-15H,8-11,13H2,1-3H3. The van der Waals surface area contributed by atoms with Gasteiger partial charge in [0.2, 0.25) is 5.91 Å². The van der Waals surface area contributed by atoms with Crippen molar-refractivity contribution in [2.24, 2.45) is 11.3 Å². The van der Waals surface area contributed by atoms with Crippen LogP contribution in [0.4, 0.5) is 15.2 Å². The minimum absolute atomic E-state index is 0.0384. The molecule has 2 aromatic rings. The predicted octanol–water partition coefficient (Wildman–Crippen LogP) is 4.60. The lowest BCUT2D eigenvalue weighted by molar-refractivity contribution is -0.125. The van der Waals surface area contributed by atoms with Crippen LogP contribution < -0.4 is 9.80 Å². The Kier molecular flexibility index (Phi) is 5.99. The Balaban J connectivity index is 1.78. The first-order chi connectivity index (χ1) is 13.3. The van der Waals surface area contributed by atoms with Gasteiger partial charge in [0.05, 0.1) is 18.3 Å². The van der Waals surface area contributed by atoms with Crippen molar-refractivity contribution in [1.29, 1.82) is 5.26 Å². The van der Waals surface area contributed by atoms with Crippen LogP contribution in [0.1, 0.15) is 39.3 Å². The minimum Gasteiger partial charge on any atom is -0.348 e. The molecule has 7 heteroatoms. The van der Waals surface area contributed by atoms with E-state index >= 15 is 0 Å². The molecule has 1 saturated heterocycles. The van der Waals surface area contributed by atoms with Gasteiger partial charge in [-0.25, -0.2) is 9.37 Å². The van der Waals surface area contributed by atoms with Gasteiger partial charge in [-0.15, -0.1) is 11.3 Å². The first kappa shape index (κ1) is 20.3. The number of carbonyl (C=O) groups excluding carboxylic acids is 1. The van der Waals surface area contributed by atoms with Gasteiger partial charge in [0.1, 0.15) is 5.82 Å². The van der Waals surface area contributed by atoms with Crippen molar-refractivity contribution in [2.45, 2.75) is 40.2 Å². The van der Waals surface area contributed by atoms with Gasteiger partial charge in [-0.3, -0.25) is 4.79 Å². The molecule has 0 spiro atoms. The maximum atomic E-state index is 13.3. The average Bonchev–Trinajstić information content (AvgIpc) is 3.14. The second-order valence-corrected chi connectivity index (χ2v) is 8.97. The second kappa shape index (κ2) is 8.27. The first-order valence-electron chi connectivity index (χ1n) is 9.44. The topological polar surface area (TPSA) is 60.2 Å². The van der Waals surface area contributed by atoms with Crippen LogP contribution in [0.25, 0.3) is 0 Å². The van der Waals surface area contributed by atoms with E-state index in [1.54, 1.807) is 28.4 Å². The molecule has 3 rings (SSSR count). The lowest BCUT2D eigenvalue weighted by Crippen LogP contribution is -2.39. The SMILES string of the molecule is CC(C)(C)C(=O)N(Cc1csc(N2CCC(C#N)CC2)n1)c1ccc(F)cc1. The zero-order valence-corrected chi connectivity index (χ0v) is 17.3. The van der Waals surface area contributed by atoms with Gasteiger partial charge < -0.3 is 9.80 Å². The smallest absolute Gasteiger partial charge is 0.232 e. The number of nitrogens with zero attached hydrogens (tertiary/aromatic N) is 4. The summed E-state index contributed by atoms with van der Waals surface area (Å²) in [6.45, 7) is 7.61. The molecule has 148 valence electrons. The molecule has 0 atom stereocenters. The van der Waals surface area contributed by atoms with Crippen LogP contribution in [-0.2, 0) is 11.3 Å². The average molecular weight is 401 g/mol. The van der Waals surface area contributed by atoms with Crippen molar-refractivity contribution in [3.8, 4) is 6.07 Å². The lowest BCUT2D eigenvalue weighted by atomic mass is 9.94. The Morgan fingerprint density at radius 3 is 2.54 bits per heavy atom. The Hall–Kier alpha value is -2.46. The van der Waals surface area contributed by atoms with Crippen LogP contribution in [0.5, 0.6) is 0 Å². The summed E-state index contributed by atoms with van der Waals surface area (Å²) in [5, 5.41) is 11.9.